The molecule has 0 spiro atoms. The van der Waals surface area contributed by atoms with Gasteiger partial charge in [0, 0.05) is 19.0 Å². The molecule has 0 saturated carbocycles. The fourth-order valence-corrected chi connectivity index (χ4v) is 2.53. The topological polar surface area (TPSA) is 3.24 Å². The van der Waals surface area contributed by atoms with Crippen molar-refractivity contribution in [2.75, 3.05) is 25.5 Å². The van der Waals surface area contributed by atoms with Crippen LogP contribution in [0.4, 0.5) is 0 Å². The van der Waals surface area contributed by atoms with Crippen LogP contribution in [0.25, 0.3) is 0 Å². The molecule has 1 unspecified atom stereocenters. The lowest BCUT2D eigenvalue weighted by atomic mass is 9.95. The van der Waals surface area contributed by atoms with Crippen LogP contribution in [0.5, 0.6) is 0 Å². The second-order valence-electron chi connectivity index (χ2n) is 4.64. The van der Waals surface area contributed by atoms with Gasteiger partial charge in [0.2, 0.25) is 0 Å². The molecular formula is C11H22ClN. The van der Waals surface area contributed by atoms with Crippen molar-refractivity contribution in [2.45, 2.75) is 33.1 Å². The van der Waals surface area contributed by atoms with Crippen molar-refractivity contribution < 1.29 is 0 Å². The third-order valence-electron chi connectivity index (χ3n) is 2.74. The van der Waals surface area contributed by atoms with Crippen LogP contribution in [-0.2, 0) is 0 Å². The number of halogens is 1. The van der Waals surface area contributed by atoms with Crippen molar-refractivity contribution in [1.29, 1.82) is 0 Å². The van der Waals surface area contributed by atoms with Crippen molar-refractivity contribution >= 4 is 11.6 Å². The number of nitrogens with zero attached hydrogens (tertiary/aromatic N) is 1. The van der Waals surface area contributed by atoms with E-state index in [2.05, 4.69) is 18.7 Å². The Labute approximate surface area is 87.4 Å². The molecule has 1 fully saturated rings. The lowest BCUT2D eigenvalue weighted by Gasteiger charge is -2.33. The quantitative estimate of drug-likeness (QED) is 0.636. The first kappa shape index (κ1) is 11.3. The SMILES string of the molecule is CC(C)CN1CCCC(CCCl)C1. The number of likely N-dealkylation sites (tertiary alicyclic amines) is 1. The molecule has 0 N–H and O–H groups in total. The summed E-state index contributed by atoms with van der Waals surface area (Å²) in [4.78, 5) is 2.60. The Balaban J connectivity index is 2.24. The van der Waals surface area contributed by atoms with Crippen LogP contribution in [0, 0.1) is 11.8 Å². The summed E-state index contributed by atoms with van der Waals surface area (Å²) in [7, 11) is 0. The predicted octanol–water partition coefficient (Wildman–Crippen LogP) is 2.98. The van der Waals surface area contributed by atoms with E-state index in [-0.39, 0.29) is 0 Å². The Kier molecular flexibility index (Phi) is 5.12. The Morgan fingerprint density at radius 2 is 2.23 bits per heavy atom. The minimum absolute atomic E-state index is 0.801. The van der Waals surface area contributed by atoms with E-state index in [0.29, 0.717) is 0 Å². The summed E-state index contributed by atoms with van der Waals surface area (Å²) in [6.07, 6.45) is 3.96. The van der Waals surface area contributed by atoms with Crippen molar-refractivity contribution in [2.24, 2.45) is 11.8 Å². The molecule has 1 nitrogen and oxygen atoms in total. The summed E-state index contributed by atoms with van der Waals surface area (Å²) in [5.74, 6) is 2.50. The lowest BCUT2D eigenvalue weighted by molar-refractivity contribution is 0.156. The molecule has 1 aliphatic heterocycles. The molecular weight excluding hydrogens is 182 g/mol. The van der Waals surface area contributed by atoms with E-state index in [9.17, 15) is 0 Å². The smallest absolute Gasteiger partial charge is 0.0226 e. The van der Waals surface area contributed by atoms with Crippen LogP contribution in [0.3, 0.4) is 0 Å². The fourth-order valence-electron chi connectivity index (χ4n) is 2.22. The van der Waals surface area contributed by atoms with Crippen LogP contribution in [0.2, 0.25) is 0 Å². The van der Waals surface area contributed by atoms with Crippen molar-refractivity contribution in [1.82, 2.24) is 4.90 Å². The van der Waals surface area contributed by atoms with E-state index >= 15 is 0 Å². The summed E-state index contributed by atoms with van der Waals surface area (Å²) >= 11 is 5.77. The fraction of sp³-hybridized carbons (Fsp3) is 1.00. The van der Waals surface area contributed by atoms with E-state index in [0.717, 1.165) is 17.7 Å². The van der Waals surface area contributed by atoms with Gasteiger partial charge in [0.1, 0.15) is 0 Å². The first-order chi connectivity index (χ1) is 6.22. The number of rotatable bonds is 4. The molecule has 2 heteroatoms. The molecule has 1 rings (SSSR count). The standard InChI is InChI=1S/C11H22ClN/c1-10(2)8-13-7-3-4-11(9-13)5-6-12/h10-11H,3-9H2,1-2H3. The van der Waals surface area contributed by atoms with E-state index in [1.807, 2.05) is 0 Å². The molecule has 0 bridgehead atoms. The van der Waals surface area contributed by atoms with Gasteiger partial charge >= 0.3 is 0 Å². The highest BCUT2D eigenvalue weighted by molar-refractivity contribution is 6.17. The summed E-state index contributed by atoms with van der Waals surface area (Å²) in [6, 6.07) is 0. The van der Waals surface area contributed by atoms with Gasteiger partial charge in [-0.3, -0.25) is 0 Å². The van der Waals surface area contributed by atoms with Gasteiger partial charge in [0.15, 0.2) is 0 Å². The first-order valence-electron chi connectivity index (χ1n) is 5.50. The lowest BCUT2D eigenvalue weighted by Crippen LogP contribution is -2.37. The average molecular weight is 204 g/mol. The molecule has 13 heavy (non-hydrogen) atoms. The van der Waals surface area contributed by atoms with Gasteiger partial charge in [-0.25, -0.2) is 0 Å². The molecule has 0 radical (unpaired) electrons. The summed E-state index contributed by atoms with van der Waals surface area (Å²) in [5, 5.41) is 0. The van der Waals surface area contributed by atoms with Gasteiger partial charge in [-0.2, -0.15) is 0 Å². The second-order valence-corrected chi connectivity index (χ2v) is 5.02. The normalized spacial score (nSPS) is 25.4. The maximum Gasteiger partial charge on any atom is 0.0226 e. The van der Waals surface area contributed by atoms with Gasteiger partial charge in [0.25, 0.3) is 0 Å². The van der Waals surface area contributed by atoms with Crippen molar-refractivity contribution in [3.8, 4) is 0 Å². The van der Waals surface area contributed by atoms with Crippen molar-refractivity contribution in [3.63, 3.8) is 0 Å². The van der Waals surface area contributed by atoms with E-state index in [1.165, 1.54) is 38.9 Å². The van der Waals surface area contributed by atoms with Crippen LogP contribution in [0.15, 0.2) is 0 Å². The molecule has 0 aromatic heterocycles. The summed E-state index contributed by atoms with van der Waals surface area (Å²) in [6.45, 7) is 8.44. The highest BCUT2D eigenvalue weighted by atomic mass is 35.5. The molecule has 1 atom stereocenters. The minimum Gasteiger partial charge on any atom is -0.303 e. The van der Waals surface area contributed by atoms with Gasteiger partial charge in [-0.15, -0.1) is 11.6 Å². The molecule has 0 aromatic rings. The van der Waals surface area contributed by atoms with E-state index in [4.69, 9.17) is 11.6 Å². The third kappa shape index (κ3) is 4.33. The van der Waals surface area contributed by atoms with Crippen LogP contribution >= 0.6 is 11.6 Å². The van der Waals surface area contributed by atoms with Gasteiger partial charge in [-0.05, 0) is 37.6 Å². The monoisotopic (exact) mass is 203 g/mol. The number of hydrogen-bond donors (Lipinski definition) is 0. The largest absolute Gasteiger partial charge is 0.303 e. The highest BCUT2D eigenvalue weighted by Crippen LogP contribution is 2.20. The zero-order valence-electron chi connectivity index (χ0n) is 8.93. The second kappa shape index (κ2) is 5.87. The molecule has 1 saturated heterocycles. The van der Waals surface area contributed by atoms with E-state index in [1.54, 1.807) is 0 Å². The molecule has 78 valence electrons. The zero-order valence-corrected chi connectivity index (χ0v) is 9.69. The van der Waals surface area contributed by atoms with Gasteiger partial charge < -0.3 is 4.90 Å². The number of piperidine rings is 1. The predicted molar refractivity (Wildman–Crippen MR) is 59.3 cm³/mol. The summed E-state index contributed by atoms with van der Waals surface area (Å²) < 4.78 is 0. The van der Waals surface area contributed by atoms with Crippen LogP contribution in [-0.4, -0.2) is 30.4 Å². The molecule has 1 heterocycles. The molecule has 0 aliphatic carbocycles. The van der Waals surface area contributed by atoms with Crippen molar-refractivity contribution in [3.05, 3.63) is 0 Å². The Morgan fingerprint density at radius 1 is 1.46 bits per heavy atom. The Morgan fingerprint density at radius 3 is 2.85 bits per heavy atom. The van der Waals surface area contributed by atoms with Gasteiger partial charge in [0.05, 0.1) is 0 Å². The maximum atomic E-state index is 5.77. The maximum absolute atomic E-state index is 5.77. The van der Waals surface area contributed by atoms with Crippen LogP contribution in [0.1, 0.15) is 33.1 Å². The molecule has 0 amide bonds. The minimum atomic E-state index is 0.801. The third-order valence-corrected chi connectivity index (χ3v) is 2.96. The molecule has 1 aliphatic rings. The first-order valence-corrected chi connectivity index (χ1v) is 6.04. The zero-order chi connectivity index (χ0) is 9.68. The number of alkyl halides is 1. The Hall–Kier alpha value is 0.250. The van der Waals surface area contributed by atoms with Gasteiger partial charge in [-0.1, -0.05) is 13.8 Å². The number of hydrogen-bond acceptors (Lipinski definition) is 1. The van der Waals surface area contributed by atoms with Crippen LogP contribution < -0.4 is 0 Å². The highest BCUT2D eigenvalue weighted by Gasteiger charge is 2.19. The Bertz CT molecular complexity index is 134. The summed E-state index contributed by atoms with van der Waals surface area (Å²) in [5.41, 5.74) is 0. The van der Waals surface area contributed by atoms with E-state index < -0.39 is 0 Å². The average Bonchev–Trinajstić information content (AvgIpc) is 2.04. The molecule has 0 aromatic carbocycles.